The van der Waals surface area contributed by atoms with E-state index >= 15 is 0 Å². The molecule has 0 saturated carbocycles. The van der Waals surface area contributed by atoms with Crippen molar-refractivity contribution in [1.82, 2.24) is 4.90 Å². The number of amides is 1. The molecule has 19 heavy (non-hydrogen) atoms. The first kappa shape index (κ1) is 14.1. The molecule has 5 heteroatoms. The second kappa shape index (κ2) is 5.33. The molecule has 1 aliphatic rings. The molecule has 1 fully saturated rings. The van der Waals surface area contributed by atoms with E-state index in [4.69, 9.17) is 5.11 Å². The van der Waals surface area contributed by atoms with Gasteiger partial charge in [0.15, 0.2) is 0 Å². The summed E-state index contributed by atoms with van der Waals surface area (Å²) in [4.78, 5) is 26.3. The standard InChI is InChI=1S/C14H19NO3S/c1-14(2,11-6-4-8-19-11)13(18)15-7-3-5-10(15)9-12(16)17/h4,6,8,10H,3,5,7,9H2,1-2H3,(H,16,17). The number of aliphatic carboxylic acids is 1. The number of hydrogen-bond acceptors (Lipinski definition) is 3. The Morgan fingerprint density at radius 1 is 1.53 bits per heavy atom. The molecule has 1 aromatic rings. The topological polar surface area (TPSA) is 57.6 Å². The largest absolute Gasteiger partial charge is 0.481 e. The number of nitrogens with zero attached hydrogens (tertiary/aromatic N) is 1. The first-order valence-corrected chi connectivity index (χ1v) is 7.37. The highest BCUT2D eigenvalue weighted by atomic mass is 32.1. The Labute approximate surface area is 117 Å². The number of carboxylic acid groups (broad SMARTS) is 1. The van der Waals surface area contributed by atoms with Gasteiger partial charge < -0.3 is 10.0 Å². The zero-order valence-corrected chi connectivity index (χ0v) is 12.1. The van der Waals surface area contributed by atoms with Gasteiger partial charge in [-0.2, -0.15) is 0 Å². The van der Waals surface area contributed by atoms with Gasteiger partial charge in [-0.05, 0) is 38.1 Å². The molecule has 1 aliphatic heterocycles. The van der Waals surface area contributed by atoms with Gasteiger partial charge in [-0.1, -0.05) is 6.07 Å². The molecule has 4 nitrogen and oxygen atoms in total. The van der Waals surface area contributed by atoms with Crippen LogP contribution in [0.3, 0.4) is 0 Å². The van der Waals surface area contributed by atoms with E-state index in [0.29, 0.717) is 6.54 Å². The van der Waals surface area contributed by atoms with Gasteiger partial charge in [0.05, 0.1) is 11.8 Å². The van der Waals surface area contributed by atoms with E-state index in [1.54, 1.807) is 16.2 Å². The van der Waals surface area contributed by atoms with Gasteiger partial charge in [0, 0.05) is 17.5 Å². The van der Waals surface area contributed by atoms with E-state index in [1.165, 1.54) is 0 Å². The van der Waals surface area contributed by atoms with E-state index in [9.17, 15) is 9.59 Å². The zero-order valence-electron chi connectivity index (χ0n) is 11.3. The van der Waals surface area contributed by atoms with Gasteiger partial charge in [-0.3, -0.25) is 9.59 Å². The Balaban J connectivity index is 2.16. The monoisotopic (exact) mass is 281 g/mol. The molecule has 1 N–H and O–H groups in total. The lowest BCUT2D eigenvalue weighted by Crippen LogP contribution is -2.46. The summed E-state index contributed by atoms with van der Waals surface area (Å²) < 4.78 is 0. The lowest BCUT2D eigenvalue weighted by atomic mass is 9.89. The Hall–Kier alpha value is -1.36. The van der Waals surface area contributed by atoms with Gasteiger partial charge in [-0.25, -0.2) is 0 Å². The van der Waals surface area contributed by atoms with Crippen LogP contribution in [-0.4, -0.2) is 34.5 Å². The predicted molar refractivity (Wildman–Crippen MR) is 74.3 cm³/mol. The summed E-state index contributed by atoms with van der Waals surface area (Å²) in [6, 6.07) is 3.75. The van der Waals surface area contributed by atoms with Gasteiger partial charge in [0.25, 0.3) is 0 Å². The van der Waals surface area contributed by atoms with Crippen molar-refractivity contribution in [2.75, 3.05) is 6.54 Å². The van der Waals surface area contributed by atoms with Crippen LogP contribution in [-0.2, 0) is 15.0 Å². The average molecular weight is 281 g/mol. The van der Waals surface area contributed by atoms with Crippen molar-refractivity contribution in [1.29, 1.82) is 0 Å². The fraction of sp³-hybridized carbons (Fsp3) is 0.571. The minimum absolute atomic E-state index is 0.0405. The third kappa shape index (κ3) is 2.81. The summed E-state index contributed by atoms with van der Waals surface area (Å²) in [5.41, 5.74) is -0.574. The molecular weight excluding hydrogens is 262 g/mol. The number of hydrogen-bond donors (Lipinski definition) is 1. The predicted octanol–water partition coefficient (Wildman–Crippen LogP) is 2.49. The number of carboxylic acids is 1. The zero-order chi connectivity index (χ0) is 14.0. The number of thiophene rings is 1. The average Bonchev–Trinajstić information content (AvgIpc) is 2.97. The van der Waals surface area contributed by atoms with Crippen LogP contribution in [0.2, 0.25) is 0 Å². The van der Waals surface area contributed by atoms with Gasteiger partial charge in [0.2, 0.25) is 5.91 Å². The minimum atomic E-state index is -0.835. The van der Waals surface area contributed by atoms with Crippen LogP contribution < -0.4 is 0 Å². The van der Waals surface area contributed by atoms with Crippen LogP contribution in [0.5, 0.6) is 0 Å². The molecule has 1 amide bonds. The first-order valence-electron chi connectivity index (χ1n) is 6.50. The molecule has 0 radical (unpaired) electrons. The molecule has 104 valence electrons. The van der Waals surface area contributed by atoms with Gasteiger partial charge in [0.1, 0.15) is 0 Å². The highest BCUT2D eigenvalue weighted by molar-refractivity contribution is 7.10. The van der Waals surface area contributed by atoms with E-state index in [1.807, 2.05) is 31.4 Å². The van der Waals surface area contributed by atoms with Gasteiger partial charge in [-0.15, -0.1) is 11.3 Å². The highest BCUT2D eigenvalue weighted by Crippen LogP contribution is 2.33. The second-order valence-corrected chi connectivity index (χ2v) is 6.44. The highest BCUT2D eigenvalue weighted by Gasteiger charge is 2.39. The normalized spacial score (nSPS) is 19.7. The third-order valence-electron chi connectivity index (χ3n) is 3.72. The summed E-state index contributed by atoms with van der Waals surface area (Å²) in [7, 11) is 0. The molecule has 0 aliphatic carbocycles. The lowest BCUT2D eigenvalue weighted by molar-refractivity contribution is -0.141. The van der Waals surface area contributed by atoms with Crippen LogP contribution >= 0.6 is 11.3 Å². The molecular formula is C14H19NO3S. The fourth-order valence-corrected chi connectivity index (χ4v) is 3.46. The van der Waals surface area contributed by atoms with E-state index < -0.39 is 11.4 Å². The SMILES string of the molecule is CC(C)(C(=O)N1CCCC1CC(=O)O)c1cccs1. The van der Waals surface area contributed by atoms with Crippen molar-refractivity contribution in [3.05, 3.63) is 22.4 Å². The Kier molecular flexibility index (Phi) is 3.94. The third-order valence-corrected chi connectivity index (χ3v) is 4.91. The Bertz CT molecular complexity index is 467. The Morgan fingerprint density at radius 2 is 2.26 bits per heavy atom. The fourth-order valence-electron chi connectivity index (χ4n) is 2.62. The van der Waals surface area contributed by atoms with Crippen LogP contribution in [0, 0.1) is 0 Å². The van der Waals surface area contributed by atoms with Crippen LogP contribution in [0.4, 0.5) is 0 Å². The van der Waals surface area contributed by atoms with Crippen LogP contribution in [0.15, 0.2) is 17.5 Å². The van der Waals surface area contributed by atoms with E-state index in [0.717, 1.165) is 17.7 Å². The second-order valence-electron chi connectivity index (χ2n) is 5.49. The van der Waals surface area contributed by atoms with E-state index in [2.05, 4.69) is 0 Å². The molecule has 1 unspecified atom stereocenters. The maximum absolute atomic E-state index is 12.7. The van der Waals surface area contributed by atoms with Crippen molar-refractivity contribution in [2.24, 2.45) is 0 Å². The molecule has 1 saturated heterocycles. The van der Waals surface area contributed by atoms with Crippen LogP contribution in [0.25, 0.3) is 0 Å². The molecule has 0 bridgehead atoms. The minimum Gasteiger partial charge on any atom is -0.481 e. The maximum Gasteiger partial charge on any atom is 0.305 e. The summed E-state index contributed by atoms with van der Waals surface area (Å²) in [6.07, 6.45) is 1.73. The Morgan fingerprint density at radius 3 is 2.84 bits per heavy atom. The molecule has 0 aromatic carbocycles. The molecule has 2 rings (SSSR count). The summed E-state index contributed by atoms with van der Waals surface area (Å²) >= 11 is 1.57. The number of rotatable bonds is 4. The first-order chi connectivity index (χ1) is 8.93. The number of likely N-dealkylation sites (tertiary alicyclic amines) is 1. The van der Waals surface area contributed by atoms with Crippen molar-refractivity contribution in [3.63, 3.8) is 0 Å². The van der Waals surface area contributed by atoms with Crippen molar-refractivity contribution >= 4 is 23.2 Å². The van der Waals surface area contributed by atoms with Crippen molar-refractivity contribution in [3.8, 4) is 0 Å². The maximum atomic E-state index is 12.7. The number of carbonyl (C=O) groups is 2. The van der Waals surface area contributed by atoms with Crippen LogP contribution in [0.1, 0.15) is 38.0 Å². The quantitative estimate of drug-likeness (QED) is 0.922. The summed E-state index contributed by atoms with van der Waals surface area (Å²) in [6.45, 7) is 4.50. The smallest absolute Gasteiger partial charge is 0.305 e. The number of carbonyl (C=O) groups excluding carboxylic acids is 1. The van der Waals surface area contributed by atoms with E-state index in [-0.39, 0.29) is 18.4 Å². The molecule has 1 atom stereocenters. The van der Waals surface area contributed by atoms with Crippen molar-refractivity contribution < 1.29 is 14.7 Å². The molecule has 0 spiro atoms. The lowest BCUT2D eigenvalue weighted by Gasteiger charge is -2.32. The summed E-state index contributed by atoms with van der Waals surface area (Å²) in [5.74, 6) is -0.794. The summed E-state index contributed by atoms with van der Waals surface area (Å²) in [5, 5.41) is 10.9. The molecule has 1 aromatic heterocycles. The van der Waals surface area contributed by atoms with Crippen molar-refractivity contribution in [2.45, 2.75) is 44.6 Å². The molecule has 2 heterocycles. The van der Waals surface area contributed by atoms with Gasteiger partial charge >= 0.3 is 5.97 Å².